The zero-order chi connectivity index (χ0) is 19.3. The summed E-state index contributed by atoms with van der Waals surface area (Å²) in [5, 5.41) is 7.16. The van der Waals surface area contributed by atoms with Crippen molar-refractivity contribution in [3.05, 3.63) is 88.7 Å². The Morgan fingerprint density at radius 3 is 2.64 bits per heavy atom. The monoisotopic (exact) mass is 376 g/mol. The van der Waals surface area contributed by atoms with Crippen molar-refractivity contribution in [1.82, 2.24) is 19.7 Å². The van der Waals surface area contributed by atoms with Gasteiger partial charge in [-0.05, 0) is 29.3 Å². The van der Waals surface area contributed by atoms with Crippen LogP contribution in [0.15, 0.2) is 76.2 Å². The number of aryl methyl sites for hydroxylation is 1. The Bertz CT molecular complexity index is 1140. The first-order valence-electron chi connectivity index (χ1n) is 9.10. The molecule has 0 radical (unpaired) electrons. The summed E-state index contributed by atoms with van der Waals surface area (Å²) in [5.74, 6) is -0.565. The summed E-state index contributed by atoms with van der Waals surface area (Å²) >= 11 is 0. The lowest BCUT2D eigenvalue weighted by atomic mass is 10.1. The maximum absolute atomic E-state index is 12.3. The van der Waals surface area contributed by atoms with Gasteiger partial charge in [-0.15, -0.1) is 0 Å². The molecule has 2 aromatic heterocycles. The molecule has 0 aliphatic heterocycles. The zero-order valence-electron chi connectivity index (χ0n) is 15.2. The highest BCUT2D eigenvalue weighted by Crippen LogP contribution is 2.13. The van der Waals surface area contributed by atoms with E-state index in [9.17, 15) is 9.59 Å². The van der Waals surface area contributed by atoms with Crippen LogP contribution in [-0.2, 0) is 24.4 Å². The van der Waals surface area contributed by atoms with E-state index in [0.717, 1.165) is 11.1 Å². The van der Waals surface area contributed by atoms with E-state index in [1.54, 1.807) is 12.3 Å². The van der Waals surface area contributed by atoms with E-state index in [2.05, 4.69) is 10.4 Å². The Hall–Kier alpha value is -3.61. The van der Waals surface area contributed by atoms with Crippen LogP contribution < -0.4 is 11.1 Å². The van der Waals surface area contributed by atoms with E-state index < -0.39 is 5.76 Å². The van der Waals surface area contributed by atoms with Gasteiger partial charge in [-0.25, -0.2) is 4.79 Å². The fraction of sp³-hybridized carbons (Fsp3) is 0.190. The third-order valence-corrected chi connectivity index (χ3v) is 4.62. The minimum atomic E-state index is -0.446. The van der Waals surface area contributed by atoms with Gasteiger partial charge in [0.05, 0.1) is 12.1 Å². The predicted molar refractivity (Wildman–Crippen MR) is 105 cm³/mol. The van der Waals surface area contributed by atoms with Crippen molar-refractivity contribution in [1.29, 1.82) is 0 Å². The van der Waals surface area contributed by atoms with E-state index in [0.29, 0.717) is 24.2 Å². The van der Waals surface area contributed by atoms with Crippen molar-refractivity contribution < 1.29 is 9.21 Å². The normalized spacial score (nSPS) is 11.0. The van der Waals surface area contributed by atoms with E-state index in [4.69, 9.17) is 4.42 Å². The van der Waals surface area contributed by atoms with Crippen LogP contribution in [0.2, 0.25) is 0 Å². The standard InChI is InChI=1S/C21H20N4O3/c26-20(10-13-25-18-8-3-4-9-19(18)28-21(25)27)22-14-16-6-1-2-7-17(16)15-24-12-5-11-23-24/h1-9,11-12H,10,13-15H2,(H,22,26). The minimum absolute atomic E-state index is 0.119. The molecule has 0 aliphatic carbocycles. The molecule has 7 heteroatoms. The number of oxazole rings is 1. The molecular weight excluding hydrogens is 356 g/mol. The zero-order valence-corrected chi connectivity index (χ0v) is 15.2. The molecule has 2 heterocycles. The van der Waals surface area contributed by atoms with Crippen LogP contribution in [-0.4, -0.2) is 20.3 Å². The number of aromatic nitrogens is 3. The van der Waals surface area contributed by atoms with Crippen LogP contribution in [0.3, 0.4) is 0 Å². The highest BCUT2D eigenvalue weighted by molar-refractivity contribution is 5.76. The van der Waals surface area contributed by atoms with Crippen molar-refractivity contribution in [2.45, 2.75) is 26.1 Å². The highest BCUT2D eigenvalue weighted by atomic mass is 16.4. The maximum Gasteiger partial charge on any atom is 0.419 e. The number of rotatable bonds is 7. The van der Waals surface area contributed by atoms with Crippen LogP contribution in [0.1, 0.15) is 17.5 Å². The number of hydrogen-bond donors (Lipinski definition) is 1. The van der Waals surface area contributed by atoms with Gasteiger partial charge in [-0.1, -0.05) is 36.4 Å². The molecule has 0 saturated heterocycles. The Balaban J connectivity index is 1.37. The van der Waals surface area contributed by atoms with Gasteiger partial charge < -0.3 is 9.73 Å². The first kappa shape index (κ1) is 17.8. The minimum Gasteiger partial charge on any atom is -0.408 e. The van der Waals surface area contributed by atoms with Crippen LogP contribution >= 0.6 is 0 Å². The van der Waals surface area contributed by atoms with Crippen LogP contribution in [0.25, 0.3) is 11.1 Å². The molecule has 0 aliphatic rings. The number of para-hydroxylation sites is 2. The van der Waals surface area contributed by atoms with Crippen LogP contribution in [0.4, 0.5) is 0 Å². The Morgan fingerprint density at radius 1 is 1.04 bits per heavy atom. The average Bonchev–Trinajstić information content (AvgIpc) is 3.32. The number of carbonyl (C=O) groups is 1. The molecule has 0 bridgehead atoms. The van der Waals surface area contributed by atoms with Gasteiger partial charge in [0.2, 0.25) is 5.91 Å². The Morgan fingerprint density at radius 2 is 1.82 bits per heavy atom. The summed E-state index contributed by atoms with van der Waals surface area (Å²) in [5.41, 5.74) is 3.37. The second kappa shape index (κ2) is 7.96. The first-order chi connectivity index (χ1) is 13.7. The lowest BCUT2D eigenvalue weighted by Crippen LogP contribution is -2.26. The average molecular weight is 376 g/mol. The third kappa shape index (κ3) is 3.88. The summed E-state index contributed by atoms with van der Waals surface area (Å²) in [6.07, 6.45) is 3.85. The van der Waals surface area contributed by atoms with E-state index in [-0.39, 0.29) is 18.9 Å². The van der Waals surface area contributed by atoms with Gasteiger partial charge >= 0.3 is 5.76 Å². The number of carbonyl (C=O) groups excluding carboxylic acids is 1. The van der Waals surface area contributed by atoms with Gasteiger partial charge in [0.1, 0.15) is 0 Å². The second-order valence-corrected chi connectivity index (χ2v) is 6.49. The van der Waals surface area contributed by atoms with E-state index >= 15 is 0 Å². The summed E-state index contributed by atoms with van der Waals surface area (Å²) in [6, 6.07) is 17.0. The van der Waals surface area contributed by atoms with Gasteiger partial charge in [0.15, 0.2) is 5.58 Å². The molecule has 0 unspecified atom stereocenters. The quantitative estimate of drug-likeness (QED) is 0.537. The van der Waals surface area contributed by atoms with Crippen molar-refractivity contribution in [3.63, 3.8) is 0 Å². The fourth-order valence-corrected chi connectivity index (χ4v) is 3.17. The summed E-state index contributed by atoms with van der Waals surface area (Å²) in [6.45, 7) is 1.35. The number of nitrogens with one attached hydrogen (secondary N) is 1. The number of hydrogen-bond acceptors (Lipinski definition) is 4. The van der Waals surface area contributed by atoms with Crippen molar-refractivity contribution in [2.75, 3.05) is 0 Å². The predicted octanol–water partition coefficient (Wildman–Crippen LogP) is 2.55. The van der Waals surface area contributed by atoms with E-state index in [1.165, 1.54) is 4.57 Å². The van der Waals surface area contributed by atoms with Crippen molar-refractivity contribution in [2.24, 2.45) is 0 Å². The molecule has 0 spiro atoms. The number of nitrogens with zero attached hydrogens (tertiary/aromatic N) is 3. The lowest BCUT2D eigenvalue weighted by molar-refractivity contribution is -0.121. The number of fused-ring (bicyclic) bond motifs is 1. The van der Waals surface area contributed by atoms with Crippen LogP contribution in [0, 0.1) is 0 Å². The molecular formula is C21H20N4O3. The molecule has 7 nitrogen and oxygen atoms in total. The number of benzene rings is 2. The topological polar surface area (TPSA) is 82.1 Å². The molecule has 0 fully saturated rings. The summed E-state index contributed by atoms with van der Waals surface area (Å²) < 4.78 is 8.52. The van der Waals surface area contributed by atoms with Crippen molar-refractivity contribution in [3.8, 4) is 0 Å². The SMILES string of the molecule is O=C(CCn1c(=O)oc2ccccc21)NCc1ccccc1Cn1cccn1. The molecule has 142 valence electrons. The third-order valence-electron chi connectivity index (χ3n) is 4.62. The van der Waals surface area contributed by atoms with Crippen LogP contribution in [0.5, 0.6) is 0 Å². The molecule has 2 aromatic carbocycles. The molecule has 1 amide bonds. The van der Waals surface area contributed by atoms with E-state index in [1.807, 2.05) is 59.4 Å². The molecule has 0 saturated carbocycles. The molecule has 28 heavy (non-hydrogen) atoms. The number of amides is 1. The smallest absolute Gasteiger partial charge is 0.408 e. The molecule has 4 rings (SSSR count). The van der Waals surface area contributed by atoms with Gasteiger partial charge in [-0.2, -0.15) is 5.10 Å². The summed E-state index contributed by atoms with van der Waals surface area (Å²) in [7, 11) is 0. The highest BCUT2D eigenvalue weighted by Gasteiger charge is 2.11. The Labute approximate surface area is 161 Å². The summed E-state index contributed by atoms with van der Waals surface area (Å²) in [4.78, 5) is 24.3. The molecule has 4 aromatic rings. The Kier molecular flexibility index (Phi) is 5.05. The first-order valence-corrected chi connectivity index (χ1v) is 9.10. The van der Waals surface area contributed by atoms with Gasteiger partial charge in [-0.3, -0.25) is 14.0 Å². The van der Waals surface area contributed by atoms with Gasteiger partial charge in [0.25, 0.3) is 0 Å². The molecule has 0 atom stereocenters. The lowest BCUT2D eigenvalue weighted by Gasteiger charge is -2.11. The largest absolute Gasteiger partial charge is 0.419 e. The molecule has 1 N–H and O–H groups in total. The van der Waals surface area contributed by atoms with Crippen molar-refractivity contribution >= 4 is 17.0 Å². The maximum atomic E-state index is 12.3. The second-order valence-electron chi connectivity index (χ2n) is 6.49. The fourth-order valence-electron chi connectivity index (χ4n) is 3.17. The van der Waals surface area contributed by atoms with Gasteiger partial charge in [0, 0.05) is 31.9 Å².